The third-order valence-corrected chi connectivity index (χ3v) is 8.28. The highest BCUT2D eigenvalue weighted by molar-refractivity contribution is 6.09. The topological polar surface area (TPSA) is 58.6 Å². The van der Waals surface area contributed by atoms with Gasteiger partial charge in [-0.25, -0.2) is 0 Å². The van der Waals surface area contributed by atoms with Crippen LogP contribution in [0, 0.1) is 12.8 Å². The van der Waals surface area contributed by atoms with Crippen molar-refractivity contribution in [2.45, 2.75) is 39.0 Å². The van der Waals surface area contributed by atoms with Crippen molar-refractivity contribution in [1.82, 2.24) is 0 Å². The lowest BCUT2D eigenvalue weighted by molar-refractivity contribution is -0.144. The third kappa shape index (κ3) is 6.35. The molecule has 1 saturated heterocycles. The van der Waals surface area contributed by atoms with E-state index in [0.717, 1.165) is 66.0 Å². The van der Waals surface area contributed by atoms with Gasteiger partial charge in [0, 0.05) is 30.0 Å². The molecule has 5 heteroatoms. The number of rotatable bonds is 8. The monoisotopic (exact) mass is 546 g/mol. The Bertz CT molecular complexity index is 1470. The predicted octanol–water partition coefficient (Wildman–Crippen LogP) is 7.65. The lowest BCUT2D eigenvalue weighted by Crippen LogP contribution is -2.37. The molecule has 5 nitrogen and oxygen atoms in total. The highest BCUT2D eigenvalue weighted by Crippen LogP contribution is 2.35. The molecule has 41 heavy (non-hydrogen) atoms. The van der Waals surface area contributed by atoms with Gasteiger partial charge in [-0.15, -0.1) is 0 Å². The van der Waals surface area contributed by atoms with Crippen LogP contribution in [0.4, 0.5) is 11.4 Å². The quantitative estimate of drug-likeness (QED) is 0.231. The van der Waals surface area contributed by atoms with Crippen molar-refractivity contribution >= 4 is 23.3 Å². The highest BCUT2D eigenvalue weighted by atomic mass is 16.5. The minimum atomic E-state index is -0.239. The number of benzene rings is 4. The Balaban J connectivity index is 1.25. The fourth-order valence-corrected chi connectivity index (χ4v) is 5.98. The van der Waals surface area contributed by atoms with Gasteiger partial charge in [-0.3, -0.25) is 9.59 Å². The number of carbonyl (C=O) groups is 2. The normalized spacial score (nSPS) is 14.4. The van der Waals surface area contributed by atoms with Crippen LogP contribution >= 0.6 is 0 Å². The Hall–Kier alpha value is -4.38. The summed E-state index contributed by atoms with van der Waals surface area (Å²) in [5.74, 6) is -0.283. The minimum absolute atomic E-state index is 0.119. The molecule has 0 radical (unpaired) electrons. The Morgan fingerprint density at radius 2 is 1.56 bits per heavy atom. The smallest absolute Gasteiger partial charge is 0.313 e. The molecule has 1 aliphatic heterocycles. The van der Waals surface area contributed by atoms with Crippen molar-refractivity contribution in [1.29, 1.82) is 0 Å². The summed E-state index contributed by atoms with van der Waals surface area (Å²) in [4.78, 5) is 28.4. The lowest BCUT2D eigenvalue weighted by Gasteiger charge is -2.36. The summed E-state index contributed by atoms with van der Waals surface area (Å²) < 4.78 is 5.17. The maximum Gasteiger partial charge on any atom is 0.313 e. The third-order valence-electron chi connectivity index (χ3n) is 8.28. The number of carbonyl (C=O) groups excluding carboxylic acids is 2. The van der Waals surface area contributed by atoms with Crippen molar-refractivity contribution in [2.75, 3.05) is 30.4 Å². The number of methoxy groups -OCH3 is 1. The number of amides is 1. The number of aryl methyl sites for hydroxylation is 2. The van der Waals surface area contributed by atoms with E-state index in [4.69, 9.17) is 4.74 Å². The van der Waals surface area contributed by atoms with E-state index in [1.54, 1.807) is 0 Å². The number of esters is 1. The van der Waals surface area contributed by atoms with Crippen LogP contribution in [0.3, 0.4) is 0 Å². The second-order valence-electron chi connectivity index (χ2n) is 10.8. The van der Waals surface area contributed by atoms with Crippen LogP contribution in [0.1, 0.15) is 52.7 Å². The average Bonchev–Trinajstić information content (AvgIpc) is 3.02. The first-order valence-electron chi connectivity index (χ1n) is 14.5. The van der Waals surface area contributed by atoms with Crippen LogP contribution in [-0.2, 0) is 16.0 Å². The van der Waals surface area contributed by atoms with Crippen molar-refractivity contribution in [3.63, 3.8) is 0 Å². The van der Waals surface area contributed by atoms with E-state index in [9.17, 15) is 9.59 Å². The molecule has 1 unspecified atom stereocenters. The maximum absolute atomic E-state index is 13.4. The van der Waals surface area contributed by atoms with E-state index < -0.39 is 0 Å². The molecule has 1 aliphatic rings. The molecule has 210 valence electrons. The van der Waals surface area contributed by atoms with Gasteiger partial charge >= 0.3 is 5.97 Å². The van der Waals surface area contributed by atoms with E-state index in [1.807, 2.05) is 67.6 Å². The SMILES string of the molecule is CCc1ccc(-c2c(C)cccc2C(=O)Nc2ccc(N3CCC(C(C(=O)OC)c4ccccc4)CC3)cc2)cc1. The molecule has 1 amide bonds. The summed E-state index contributed by atoms with van der Waals surface area (Å²) in [5.41, 5.74) is 7.92. The molecular formula is C36H38N2O3. The summed E-state index contributed by atoms with van der Waals surface area (Å²) >= 11 is 0. The molecule has 1 N–H and O–H groups in total. The number of ether oxygens (including phenoxy) is 1. The molecule has 5 rings (SSSR count). The van der Waals surface area contributed by atoms with Crippen molar-refractivity contribution in [3.8, 4) is 11.1 Å². The molecule has 1 heterocycles. The predicted molar refractivity (Wildman–Crippen MR) is 167 cm³/mol. The fraction of sp³-hybridized carbons (Fsp3) is 0.278. The first kappa shape index (κ1) is 28.2. The van der Waals surface area contributed by atoms with Crippen molar-refractivity contribution in [3.05, 3.63) is 119 Å². The molecule has 0 aliphatic carbocycles. The van der Waals surface area contributed by atoms with Gasteiger partial charge in [0.1, 0.15) is 0 Å². The molecule has 4 aromatic rings. The zero-order valence-corrected chi connectivity index (χ0v) is 24.1. The van der Waals surface area contributed by atoms with E-state index in [2.05, 4.69) is 53.5 Å². The van der Waals surface area contributed by atoms with E-state index in [1.165, 1.54) is 12.7 Å². The summed E-state index contributed by atoms with van der Waals surface area (Å²) in [6.07, 6.45) is 2.79. The van der Waals surface area contributed by atoms with Crippen molar-refractivity contribution < 1.29 is 14.3 Å². The number of nitrogens with one attached hydrogen (secondary N) is 1. The van der Waals surface area contributed by atoms with Gasteiger partial charge in [0.15, 0.2) is 0 Å². The molecule has 4 aromatic carbocycles. The molecule has 0 saturated carbocycles. The van der Waals surface area contributed by atoms with Crippen LogP contribution < -0.4 is 10.2 Å². The summed E-state index contributed by atoms with van der Waals surface area (Å²) in [6.45, 7) is 5.91. The van der Waals surface area contributed by atoms with E-state index in [0.29, 0.717) is 5.56 Å². The largest absolute Gasteiger partial charge is 0.469 e. The van der Waals surface area contributed by atoms with Gasteiger partial charge in [0.25, 0.3) is 5.91 Å². The molecular weight excluding hydrogens is 508 g/mol. The Morgan fingerprint density at radius 3 is 2.20 bits per heavy atom. The Kier molecular flexibility index (Phi) is 8.83. The standard InChI is InChI=1S/C36H38N2O3/c1-4-26-13-15-28(16-14-26)33-25(2)9-8-12-32(33)35(39)37-30-17-19-31(20-18-30)38-23-21-29(22-24-38)34(36(40)41-3)27-10-6-5-7-11-27/h5-20,29,34H,4,21-24H2,1-3H3,(H,37,39). The first-order valence-corrected chi connectivity index (χ1v) is 14.5. The van der Waals surface area contributed by atoms with Crippen LogP contribution in [0.25, 0.3) is 11.1 Å². The number of hydrogen-bond acceptors (Lipinski definition) is 4. The van der Waals surface area contributed by atoms with Crippen LogP contribution in [0.5, 0.6) is 0 Å². The van der Waals surface area contributed by atoms with Crippen LogP contribution in [0.2, 0.25) is 0 Å². The number of nitrogens with zero attached hydrogens (tertiary/aromatic N) is 1. The average molecular weight is 547 g/mol. The molecule has 1 atom stereocenters. The van der Waals surface area contributed by atoms with E-state index >= 15 is 0 Å². The van der Waals surface area contributed by atoms with Gasteiger partial charge in [-0.2, -0.15) is 0 Å². The second kappa shape index (κ2) is 12.9. The zero-order valence-electron chi connectivity index (χ0n) is 24.1. The molecule has 0 aromatic heterocycles. The Morgan fingerprint density at radius 1 is 0.878 bits per heavy atom. The second-order valence-corrected chi connectivity index (χ2v) is 10.8. The lowest BCUT2D eigenvalue weighted by atomic mass is 9.80. The van der Waals surface area contributed by atoms with E-state index in [-0.39, 0.29) is 23.7 Å². The summed E-state index contributed by atoms with van der Waals surface area (Å²) in [5, 5.41) is 3.10. The zero-order chi connectivity index (χ0) is 28.8. The highest BCUT2D eigenvalue weighted by Gasteiger charge is 2.33. The van der Waals surface area contributed by atoms with Crippen LogP contribution in [-0.4, -0.2) is 32.1 Å². The fourth-order valence-electron chi connectivity index (χ4n) is 5.98. The number of piperidine rings is 1. The summed E-state index contributed by atoms with van der Waals surface area (Å²) in [6, 6.07) is 32.3. The minimum Gasteiger partial charge on any atom is -0.469 e. The maximum atomic E-state index is 13.4. The van der Waals surface area contributed by atoms with Crippen molar-refractivity contribution in [2.24, 2.45) is 5.92 Å². The number of hydrogen-bond donors (Lipinski definition) is 1. The molecule has 0 bridgehead atoms. The van der Waals surface area contributed by atoms with Gasteiger partial charge in [0.2, 0.25) is 0 Å². The number of anilines is 2. The van der Waals surface area contributed by atoms with Crippen LogP contribution in [0.15, 0.2) is 97.1 Å². The first-order chi connectivity index (χ1) is 20.0. The van der Waals surface area contributed by atoms with Gasteiger partial charge in [-0.1, -0.05) is 73.7 Å². The summed E-state index contributed by atoms with van der Waals surface area (Å²) in [7, 11) is 1.47. The van der Waals surface area contributed by atoms with Gasteiger partial charge in [0.05, 0.1) is 13.0 Å². The Labute approximate surface area is 243 Å². The van der Waals surface area contributed by atoms with Gasteiger partial charge < -0.3 is 15.0 Å². The van der Waals surface area contributed by atoms with Gasteiger partial charge in [-0.05, 0) is 90.3 Å². The molecule has 1 fully saturated rings. The molecule has 0 spiro atoms.